The van der Waals surface area contributed by atoms with Gasteiger partial charge in [-0.25, -0.2) is 14.2 Å². The van der Waals surface area contributed by atoms with E-state index in [1.807, 2.05) is 34.5 Å². The number of carbonyl (C=O) groups excluding carboxylic acids is 2. The predicted molar refractivity (Wildman–Crippen MR) is 133 cm³/mol. The van der Waals surface area contributed by atoms with Crippen LogP contribution in [0, 0.1) is 0 Å². The van der Waals surface area contributed by atoms with Crippen LogP contribution >= 0.6 is 23.1 Å². The maximum Gasteiger partial charge on any atom is 0.352 e. The van der Waals surface area contributed by atoms with Crippen LogP contribution in [0.4, 0.5) is 5.88 Å². The quantitative estimate of drug-likeness (QED) is 0.119. The van der Waals surface area contributed by atoms with Crippen LogP contribution in [0.25, 0.3) is 10.1 Å². The third kappa shape index (κ3) is 4.78. The molecule has 5 rings (SSSR count). The van der Waals surface area contributed by atoms with Gasteiger partial charge in [-0.1, -0.05) is 10.3 Å². The van der Waals surface area contributed by atoms with Crippen molar-refractivity contribution in [3.05, 3.63) is 52.9 Å². The van der Waals surface area contributed by atoms with Crippen molar-refractivity contribution in [1.82, 2.24) is 15.4 Å². The summed E-state index contributed by atoms with van der Waals surface area (Å²) in [5.74, 6) is -3.91. The van der Waals surface area contributed by atoms with Crippen LogP contribution in [-0.4, -0.2) is 73.5 Å². The van der Waals surface area contributed by atoms with Crippen molar-refractivity contribution < 1.29 is 43.3 Å². The third-order valence-corrected chi connectivity index (χ3v) is 7.93. The standard InChI is InChI=1S/C22H18N6O8S2/c23-14-5-12(25-36-14)16(26-35-8-15(29)30)19(31)24-17-20(32)28-18(22(33)34)11(9-38-21(17)28)7-27-3-1-13-10(6-27)2-4-37-13/h1-6,17,21H,7-9H2,(H4-,23,24,25,29,30,31,33,34)/p+1/b26-16+/t17?,21-/m1/s1. The monoisotopic (exact) mass is 559 g/mol. The lowest BCUT2D eigenvalue weighted by Crippen LogP contribution is -2.71. The number of aromatic nitrogens is 2. The second-order valence-electron chi connectivity index (χ2n) is 8.20. The number of carboxylic acid groups (broad SMARTS) is 2. The van der Waals surface area contributed by atoms with Gasteiger partial charge in [-0.15, -0.1) is 23.1 Å². The minimum atomic E-state index is -1.33. The van der Waals surface area contributed by atoms with Gasteiger partial charge >= 0.3 is 11.9 Å². The Morgan fingerprint density at radius 3 is 2.87 bits per heavy atom. The number of oxime groups is 1. The van der Waals surface area contributed by atoms with Gasteiger partial charge in [-0.2, -0.15) is 0 Å². The van der Waals surface area contributed by atoms with Gasteiger partial charge in [0.15, 0.2) is 24.7 Å². The van der Waals surface area contributed by atoms with E-state index in [0.717, 1.165) is 15.0 Å². The van der Waals surface area contributed by atoms with Crippen molar-refractivity contribution in [2.45, 2.75) is 18.0 Å². The fraction of sp³-hybridized carbons (Fsp3) is 0.227. The fourth-order valence-corrected chi connectivity index (χ4v) is 6.14. The van der Waals surface area contributed by atoms with Gasteiger partial charge in [0.1, 0.15) is 22.8 Å². The molecule has 0 spiro atoms. The second-order valence-corrected chi connectivity index (χ2v) is 10.2. The lowest BCUT2D eigenvalue weighted by molar-refractivity contribution is -0.687. The molecule has 2 aliphatic rings. The first-order valence-corrected chi connectivity index (χ1v) is 12.9. The van der Waals surface area contributed by atoms with E-state index >= 15 is 0 Å². The zero-order valence-corrected chi connectivity index (χ0v) is 20.9. The zero-order valence-electron chi connectivity index (χ0n) is 19.3. The Morgan fingerprint density at radius 1 is 1.34 bits per heavy atom. The summed E-state index contributed by atoms with van der Waals surface area (Å²) in [6, 6.07) is 4.03. The molecule has 2 amide bonds. The normalized spacial score (nSPS) is 19.2. The summed E-state index contributed by atoms with van der Waals surface area (Å²) in [5.41, 5.74) is 5.33. The minimum absolute atomic E-state index is 0.120. The van der Waals surface area contributed by atoms with Crippen LogP contribution in [-0.2, 0) is 30.6 Å². The number of fused-ring (bicyclic) bond motifs is 2. The molecule has 0 aromatic carbocycles. The number of rotatable bonds is 9. The summed E-state index contributed by atoms with van der Waals surface area (Å²) >= 11 is 2.91. The number of amides is 2. The van der Waals surface area contributed by atoms with E-state index < -0.39 is 47.5 Å². The molecular weight excluding hydrogens is 540 g/mol. The van der Waals surface area contributed by atoms with Gasteiger partial charge in [-0.05, 0) is 11.4 Å². The number of pyridine rings is 1. The number of carbonyl (C=O) groups is 4. The molecule has 5 N–H and O–H groups in total. The zero-order chi connectivity index (χ0) is 27.0. The summed E-state index contributed by atoms with van der Waals surface area (Å²) in [6.07, 6.45) is 3.77. The summed E-state index contributed by atoms with van der Waals surface area (Å²) in [7, 11) is 0. The molecule has 5 heterocycles. The Balaban J connectivity index is 1.34. The number of nitrogens with one attached hydrogen (secondary N) is 1. The highest BCUT2D eigenvalue weighted by Crippen LogP contribution is 2.40. The Kier molecular flexibility index (Phi) is 6.73. The second kappa shape index (κ2) is 10.1. The van der Waals surface area contributed by atoms with Gasteiger partial charge in [-0.3, -0.25) is 14.5 Å². The summed E-state index contributed by atoms with van der Waals surface area (Å²) < 4.78 is 7.71. The first-order valence-electron chi connectivity index (χ1n) is 10.9. The first-order chi connectivity index (χ1) is 18.2. The molecule has 2 atom stereocenters. The van der Waals surface area contributed by atoms with Crippen molar-refractivity contribution in [3.63, 3.8) is 0 Å². The number of β-lactam (4-membered cyclic amide) rings is 1. The highest BCUT2D eigenvalue weighted by molar-refractivity contribution is 8.00. The molecule has 0 bridgehead atoms. The maximum atomic E-state index is 13.0. The van der Waals surface area contributed by atoms with Crippen LogP contribution in [0.5, 0.6) is 0 Å². The number of nitrogens with two attached hydrogens (primary N) is 1. The Bertz CT molecular complexity index is 1530. The van der Waals surface area contributed by atoms with E-state index in [2.05, 4.69) is 20.5 Å². The summed E-state index contributed by atoms with van der Waals surface area (Å²) in [4.78, 5) is 54.8. The van der Waals surface area contributed by atoms with E-state index in [4.69, 9.17) is 15.4 Å². The SMILES string of the molecule is Nc1cc(/C(=N\OCC(=O)O)C(=O)NC2C(=O)N3C(C(=O)O)=C(C[n+]4ccc5sccc5c4)CS[C@H]23)no1. The number of aliphatic carboxylic acids is 2. The van der Waals surface area contributed by atoms with Gasteiger partial charge < -0.3 is 30.6 Å². The molecule has 38 heavy (non-hydrogen) atoms. The lowest BCUT2D eigenvalue weighted by atomic mass is 10.0. The van der Waals surface area contributed by atoms with E-state index in [1.165, 1.54) is 17.8 Å². The van der Waals surface area contributed by atoms with Crippen molar-refractivity contribution >= 4 is 68.5 Å². The minimum Gasteiger partial charge on any atom is -0.479 e. The summed E-state index contributed by atoms with van der Waals surface area (Å²) in [5, 5.41) is 30.6. The van der Waals surface area contributed by atoms with E-state index in [9.17, 15) is 24.3 Å². The number of nitrogens with zero attached hydrogens (tertiary/aromatic N) is 4. The molecule has 0 radical (unpaired) electrons. The molecule has 1 fully saturated rings. The molecule has 16 heteroatoms. The molecule has 14 nitrogen and oxygen atoms in total. The van der Waals surface area contributed by atoms with E-state index in [0.29, 0.717) is 11.3 Å². The molecule has 1 unspecified atom stereocenters. The first kappa shape index (κ1) is 25.2. The topological polar surface area (TPSA) is 202 Å². The average molecular weight is 560 g/mol. The number of thiophene rings is 1. The van der Waals surface area contributed by atoms with Crippen LogP contribution < -0.4 is 15.6 Å². The smallest absolute Gasteiger partial charge is 0.352 e. The van der Waals surface area contributed by atoms with Crippen LogP contribution in [0.3, 0.4) is 0 Å². The number of hydrogen-bond donors (Lipinski definition) is 4. The van der Waals surface area contributed by atoms with Crippen molar-refractivity contribution in [2.75, 3.05) is 18.1 Å². The number of carboxylic acids is 2. The Morgan fingerprint density at radius 2 is 2.16 bits per heavy atom. The number of hydrogen-bond acceptors (Lipinski definition) is 11. The molecule has 0 saturated carbocycles. The number of nitrogen functional groups attached to an aromatic ring is 1. The molecule has 1 saturated heterocycles. The van der Waals surface area contributed by atoms with Crippen LogP contribution in [0.2, 0.25) is 0 Å². The largest absolute Gasteiger partial charge is 0.479 e. The molecule has 2 aliphatic heterocycles. The van der Waals surface area contributed by atoms with Crippen molar-refractivity contribution in [1.29, 1.82) is 0 Å². The fourth-order valence-electron chi connectivity index (χ4n) is 4.05. The van der Waals surface area contributed by atoms with Gasteiger partial charge in [0.2, 0.25) is 12.5 Å². The maximum absolute atomic E-state index is 13.0. The van der Waals surface area contributed by atoms with Crippen LogP contribution in [0.1, 0.15) is 5.69 Å². The highest BCUT2D eigenvalue weighted by Gasteiger charge is 2.54. The van der Waals surface area contributed by atoms with Crippen molar-refractivity contribution in [2.24, 2.45) is 5.16 Å². The van der Waals surface area contributed by atoms with Gasteiger partial charge in [0.25, 0.3) is 11.8 Å². The molecule has 0 aliphatic carbocycles. The molecule has 3 aromatic heterocycles. The molecule has 3 aromatic rings. The average Bonchev–Trinajstić information content (AvgIpc) is 3.52. The van der Waals surface area contributed by atoms with Gasteiger partial charge in [0.05, 0.1) is 5.39 Å². The Labute approximate surface area is 221 Å². The molecular formula is C22H19N6O8S2+. The van der Waals surface area contributed by atoms with E-state index in [-0.39, 0.29) is 23.8 Å². The number of thioether (sulfide) groups is 1. The number of anilines is 1. The summed E-state index contributed by atoms with van der Waals surface area (Å²) in [6.45, 7) is -0.551. The van der Waals surface area contributed by atoms with Gasteiger partial charge in [0, 0.05) is 28.2 Å². The highest BCUT2D eigenvalue weighted by atomic mass is 32.2. The third-order valence-electron chi connectivity index (χ3n) is 5.69. The molecule has 196 valence electrons. The van der Waals surface area contributed by atoms with Crippen LogP contribution in [0.15, 0.2) is 56.9 Å². The lowest BCUT2D eigenvalue weighted by Gasteiger charge is -2.49. The van der Waals surface area contributed by atoms with Crippen molar-refractivity contribution in [3.8, 4) is 0 Å². The van der Waals surface area contributed by atoms with E-state index in [1.54, 1.807) is 11.3 Å². The Hall–Kier alpha value is -4.44. The predicted octanol–water partition coefficient (Wildman–Crippen LogP) is 0.00310.